The lowest BCUT2D eigenvalue weighted by molar-refractivity contribution is 0.463. The molecule has 17 heavy (non-hydrogen) atoms. The van der Waals surface area contributed by atoms with E-state index in [4.69, 9.17) is 27.3 Å². The molecule has 6 heteroatoms. The summed E-state index contributed by atoms with van der Waals surface area (Å²) in [6.07, 6.45) is 1.36. The molecule has 2 aromatic rings. The van der Waals surface area contributed by atoms with E-state index in [0.717, 1.165) is 0 Å². The summed E-state index contributed by atoms with van der Waals surface area (Å²) in [4.78, 5) is 7.58. The largest absolute Gasteiger partial charge is 0.437 e. The number of hydrogen-bond acceptors (Lipinski definition) is 5. The van der Waals surface area contributed by atoms with E-state index in [1.807, 2.05) is 6.07 Å². The first kappa shape index (κ1) is 11.2. The molecule has 0 radical (unpaired) electrons. The molecule has 0 atom stereocenters. The van der Waals surface area contributed by atoms with E-state index in [-0.39, 0.29) is 16.9 Å². The lowest BCUT2D eigenvalue weighted by Gasteiger charge is -2.06. The highest BCUT2D eigenvalue weighted by molar-refractivity contribution is 6.31. The Labute approximate surface area is 102 Å². The summed E-state index contributed by atoms with van der Waals surface area (Å²) in [5.74, 6) is 0.783. The highest BCUT2D eigenvalue weighted by Crippen LogP contribution is 2.26. The van der Waals surface area contributed by atoms with Gasteiger partial charge in [-0.3, -0.25) is 0 Å². The van der Waals surface area contributed by atoms with E-state index >= 15 is 0 Å². The lowest BCUT2D eigenvalue weighted by atomic mass is 10.2. The number of aromatic nitrogens is 2. The molecular weight excluding hydrogens is 240 g/mol. The van der Waals surface area contributed by atoms with Gasteiger partial charge in [0.1, 0.15) is 10.8 Å². The predicted molar refractivity (Wildman–Crippen MR) is 62.7 cm³/mol. The van der Waals surface area contributed by atoms with Crippen molar-refractivity contribution < 1.29 is 4.74 Å². The van der Waals surface area contributed by atoms with E-state index in [2.05, 4.69) is 9.97 Å². The first-order valence-electron chi connectivity index (χ1n) is 4.65. The van der Waals surface area contributed by atoms with Gasteiger partial charge in [-0.1, -0.05) is 11.6 Å². The van der Waals surface area contributed by atoms with Crippen molar-refractivity contribution in [2.24, 2.45) is 0 Å². The highest BCUT2D eigenvalue weighted by atomic mass is 35.5. The lowest BCUT2D eigenvalue weighted by Crippen LogP contribution is -1.97. The maximum atomic E-state index is 8.65. The Kier molecular flexibility index (Phi) is 3.08. The second-order valence-corrected chi connectivity index (χ2v) is 3.53. The molecule has 0 aliphatic heterocycles. The fourth-order valence-electron chi connectivity index (χ4n) is 1.15. The van der Waals surface area contributed by atoms with Crippen LogP contribution in [-0.4, -0.2) is 9.97 Å². The molecule has 0 saturated heterocycles. The van der Waals surface area contributed by atoms with Crippen LogP contribution in [0.5, 0.6) is 11.6 Å². The molecule has 0 aliphatic carbocycles. The predicted octanol–water partition coefficient (Wildman–Crippen LogP) is 2.38. The van der Waals surface area contributed by atoms with Crippen LogP contribution in [-0.2, 0) is 0 Å². The third-order valence-electron chi connectivity index (χ3n) is 1.93. The van der Waals surface area contributed by atoms with Crippen molar-refractivity contribution in [2.75, 3.05) is 5.73 Å². The van der Waals surface area contributed by atoms with E-state index in [1.54, 1.807) is 24.3 Å². The van der Waals surface area contributed by atoms with Crippen LogP contribution in [0.15, 0.2) is 30.5 Å². The first-order valence-corrected chi connectivity index (χ1v) is 5.03. The van der Waals surface area contributed by atoms with Crippen LogP contribution >= 0.6 is 11.6 Å². The van der Waals surface area contributed by atoms with Gasteiger partial charge in [0, 0.05) is 0 Å². The number of nitrogens with zero attached hydrogens (tertiary/aromatic N) is 3. The highest BCUT2D eigenvalue weighted by Gasteiger charge is 2.06. The van der Waals surface area contributed by atoms with Crippen molar-refractivity contribution in [3.8, 4) is 17.7 Å². The molecule has 0 saturated carbocycles. The second-order valence-electron chi connectivity index (χ2n) is 3.12. The molecule has 0 fully saturated rings. The molecule has 1 aromatic carbocycles. The van der Waals surface area contributed by atoms with Crippen molar-refractivity contribution in [1.82, 2.24) is 9.97 Å². The molecular formula is C11H7ClN4O. The number of nitriles is 1. The number of benzene rings is 1. The van der Waals surface area contributed by atoms with Gasteiger partial charge in [-0.05, 0) is 24.3 Å². The molecule has 0 aliphatic rings. The molecule has 0 unspecified atom stereocenters. The minimum absolute atomic E-state index is 0.0815. The number of nitrogen functional groups attached to an aromatic ring is 1. The Balaban J connectivity index is 2.25. The van der Waals surface area contributed by atoms with Gasteiger partial charge in [0.25, 0.3) is 0 Å². The average Bonchev–Trinajstić information content (AvgIpc) is 2.35. The molecule has 84 valence electrons. The molecule has 5 nitrogen and oxygen atoms in total. The molecule has 0 bridgehead atoms. The molecule has 0 amide bonds. The first-order chi connectivity index (χ1) is 8.19. The Morgan fingerprint density at radius 1 is 1.29 bits per heavy atom. The quantitative estimate of drug-likeness (QED) is 0.879. The molecule has 2 rings (SSSR count). The van der Waals surface area contributed by atoms with Gasteiger partial charge in [0.05, 0.1) is 17.8 Å². The Morgan fingerprint density at radius 3 is 2.65 bits per heavy atom. The second kappa shape index (κ2) is 4.68. The van der Waals surface area contributed by atoms with E-state index in [9.17, 15) is 0 Å². The van der Waals surface area contributed by atoms with Gasteiger partial charge in [0.2, 0.25) is 11.8 Å². The number of ether oxygens (including phenoxy) is 1. The zero-order valence-electron chi connectivity index (χ0n) is 8.59. The van der Waals surface area contributed by atoms with Crippen molar-refractivity contribution in [3.63, 3.8) is 0 Å². The standard InChI is InChI=1S/C11H7ClN4O/c12-9-6-15-11(14)16-10(9)17-8-3-1-7(5-13)2-4-8/h1-4,6H,(H2,14,15,16). The third-order valence-corrected chi connectivity index (χ3v) is 2.19. The number of nitrogens with two attached hydrogens (primary N) is 1. The van der Waals surface area contributed by atoms with Gasteiger partial charge in [-0.25, -0.2) is 4.98 Å². The average molecular weight is 247 g/mol. The summed E-state index contributed by atoms with van der Waals surface area (Å²) in [6.45, 7) is 0. The Bertz CT molecular complexity index is 577. The summed E-state index contributed by atoms with van der Waals surface area (Å²) >= 11 is 5.85. The van der Waals surface area contributed by atoms with Crippen LogP contribution in [0.2, 0.25) is 5.02 Å². The van der Waals surface area contributed by atoms with Crippen molar-refractivity contribution in [1.29, 1.82) is 5.26 Å². The number of halogens is 1. The monoisotopic (exact) mass is 246 g/mol. The SMILES string of the molecule is N#Cc1ccc(Oc2nc(N)ncc2Cl)cc1. The van der Waals surface area contributed by atoms with Crippen molar-refractivity contribution in [3.05, 3.63) is 41.0 Å². The third kappa shape index (κ3) is 2.62. The molecule has 1 aromatic heterocycles. The van der Waals surface area contributed by atoms with Gasteiger partial charge in [0.15, 0.2) is 0 Å². The van der Waals surface area contributed by atoms with Crippen LogP contribution < -0.4 is 10.5 Å². The summed E-state index contributed by atoms with van der Waals surface area (Å²) < 4.78 is 5.42. The minimum atomic E-state index is 0.0815. The van der Waals surface area contributed by atoms with Gasteiger partial charge >= 0.3 is 0 Å². The minimum Gasteiger partial charge on any atom is -0.437 e. The topological polar surface area (TPSA) is 84.8 Å². The van der Waals surface area contributed by atoms with Crippen LogP contribution in [0.3, 0.4) is 0 Å². The van der Waals surface area contributed by atoms with Gasteiger partial charge in [-0.2, -0.15) is 10.2 Å². The van der Waals surface area contributed by atoms with Crippen LogP contribution in [0.4, 0.5) is 5.95 Å². The van der Waals surface area contributed by atoms with E-state index in [0.29, 0.717) is 11.3 Å². The maximum absolute atomic E-state index is 8.65. The van der Waals surface area contributed by atoms with Crippen molar-refractivity contribution in [2.45, 2.75) is 0 Å². The fraction of sp³-hybridized carbons (Fsp3) is 0. The van der Waals surface area contributed by atoms with Crippen LogP contribution in [0.25, 0.3) is 0 Å². The normalized spacial score (nSPS) is 9.65. The maximum Gasteiger partial charge on any atom is 0.243 e. The fourth-order valence-corrected chi connectivity index (χ4v) is 1.27. The summed E-state index contributed by atoms with van der Waals surface area (Å²) in [5, 5.41) is 8.92. The van der Waals surface area contributed by atoms with E-state index in [1.165, 1.54) is 6.20 Å². The van der Waals surface area contributed by atoms with Gasteiger partial charge < -0.3 is 10.5 Å². The zero-order chi connectivity index (χ0) is 12.3. The van der Waals surface area contributed by atoms with Gasteiger partial charge in [-0.15, -0.1) is 0 Å². The van der Waals surface area contributed by atoms with Crippen LogP contribution in [0.1, 0.15) is 5.56 Å². The van der Waals surface area contributed by atoms with Crippen LogP contribution in [0, 0.1) is 11.3 Å². The summed E-state index contributed by atoms with van der Waals surface area (Å²) in [7, 11) is 0. The van der Waals surface area contributed by atoms with E-state index < -0.39 is 0 Å². The molecule has 1 heterocycles. The number of rotatable bonds is 2. The number of hydrogen-bond donors (Lipinski definition) is 1. The molecule has 0 spiro atoms. The smallest absolute Gasteiger partial charge is 0.243 e. The van der Waals surface area contributed by atoms with Crippen molar-refractivity contribution >= 4 is 17.5 Å². The molecule has 2 N–H and O–H groups in total. The Hall–Kier alpha value is -2.32. The number of anilines is 1. The summed E-state index contributed by atoms with van der Waals surface area (Å²) in [5.41, 5.74) is 5.97. The Morgan fingerprint density at radius 2 is 2.00 bits per heavy atom. The summed E-state index contributed by atoms with van der Waals surface area (Å²) in [6, 6.07) is 8.57. The zero-order valence-corrected chi connectivity index (χ0v) is 9.35.